The highest BCUT2D eigenvalue weighted by Crippen LogP contribution is 2.37. The van der Waals surface area contributed by atoms with Crippen molar-refractivity contribution in [2.45, 2.75) is 51.2 Å². The van der Waals surface area contributed by atoms with Gasteiger partial charge in [-0.15, -0.1) is 0 Å². The summed E-state index contributed by atoms with van der Waals surface area (Å²) in [5, 5.41) is 17.3. The van der Waals surface area contributed by atoms with Crippen molar-refractivity contribution < 1.29 is 53.2 Å². The first-order chi connectivity index (χ1) is 23.0. The van der Waals surface area contributed by atoms with Crippen molar-refractivity contribution in [1.29, 1.82) is 10.5 Å². The van der Waals surface area contributed by atoms with Gasteiger partial charge in [0.2, 0.25) is 0 Å². The first-order valence-corrected chi connectivity index (χ1v) is 14.9. The Bertz CT molecular complexity index is 1930. The molecule has 262 valence electrons. The van der Waals surface area contributed by atoms with Gasteiger partial charge in [0.15, 0.2) is 0 Å². The fraction of sp³-hybridized carbons (Fsp3) is 0.235. The molecule has 0 radical (unpaired) electrons. The summed E-state index contributed by atoms with van der Waals surface area (Å²) in [5.74, 6) is -3.11. The van der Waals surface area contributed by atoms with E-state index in [4.69, 9.17) is 19.8 Å². The van der Waals surface area contributed by atoms with Gasteiger partial charge in [-0.05, 0) is 104 Å². The summed E-state index contributed by atoms with van der Waals surface area (Å²) < 4.78 is 139. The largest absolute Gasteiger partial charge is 0.497 e. The Balaban J connectivity index is 0.000000209. The molecule has 0 saturated carbocycles. The number of rotatable bonds is 2. The zero-order valence-corrected chi connectivity index (χ0v) is 28.0. The van der Waals surface area contributed by atoms with Crippen LogP contribution >= 0.6 is 15.9 Å². The second-order valence-corrected chi connectivity index (χ2v) is 12.4. The smallest absolute Gasteiger partial charge is 0.399 e. The third-order valence-electron chi connectivity index (χ3n) is 7.57. The molecule has 5 rings (SSSR count). The number of hydrogen-bond donors (Lipinski definition) is 0. The van der Waals surface area contributed by atoms with E-state index in [0.29, 0.717) is 35.8 Å². The number of nitriles is 2. The molecule has 0 N–H and O–H groups in total. The Morgan fingerprint density at radius 3 is 1.48 bits per heavy atom. The molecule has 1 aliphatic rings. The maximum atomic E-state index is 13.9. The van der Waals surface area contributed by atoms with Crippen LogP contribution in [0.25, 0.3) is 11.1 Å². The molecule has 1 heterocycles. The minimum absolute atomic E-state index is 0.00126. The standard InChI is InChI=1S/C14H6F5N.C13H15BFNO2.C7H3BrF4/c15-12-4-2-9(14(17,18)19)6-11(12)10-3-1-8(7-20)5-13(10)16;1-12(2)13(3,4)18-14(17-12)10-6-5-9(8-16)7-11(10)15;8-5-3-4(7(10,11)12)1-2-6(5)9/h1-6H;5-7H,1-4H3;1-3H. The SMILES string of the molecule is CC1(C)OB(c2ccc(C#N)cc2F)OC1(C)C.Fc1ccc(C(F)(F)F)cc1Br.N#Cc1ccc(-c2cc(C(F)(F)F)ccc2F)c(F)c1. The van der Waals surface area contributed by atoms with E-state index in [1.807, 2.05) is 33.8 Å². The maximum Gasteiger partial charge on any atom is 0.497 e. The Hall–Kier alpha value is -4.38. The molecule has 1 fully saturated rings. The Kier molecular flexibility index (Phi) is 12.2. The van der Waals surface area contributed by atoms with Crippen LogP contribution in [0.5, 0.6) is 0 Å². The van der Waals surface area contributed by atoms with E-state index in [9.17, 15) is 43.9 Å². The quantitative estimate of drug-likeness (QED) is 0.150. The minimum Gasteiger partial charge on any atom is -0.399 e. The van der Waals surface area contributed by atoms with Crippen molar-refractivity contribution in [3.05, 3.63) is 123 Å². The summed E-state index contributed by atoms with van der Waals surface area (Å²) in [6.45, 7) is 7.65. The summed E-state index contributed by atoms with van der Waals surface area (Å²) in [6.07, 6.45) is -9.07. The van der Waals surface area contributed by atoms with E-state index in [0.717, 1.165) is 18.2 Å². The van der Waals surface area contributed by atoms with Gasteiger partial charge in [-0.2, -0.15) is 36.9 Å². The van der Waals surface area contributed by atoms with Crippen LogP contribution in [0.3, 0.4) is 0 Å². The minimum atomic E-state index is -4.65. The summed E-state index contributed by atoms with van der Waals surface area (Å²) in [7, 11) is -0.734. The summed E-state index contributed by atoms with van der Waals surface area (Å²) in [5.41, 5.74) is -3.15. The molecule has 50 heavy (non-hydrogen) atoms. The fourth-order valence-corrected chi connectivity index (χ4v) is 4.52. The Morgan fingerprint density at radius 1 is 0.580 bits per heavy atom. The lowest BCUT2D eigenvalue weighted by atomic mass is 9.78. The molecule has 0 aliphatic carbocycles. The van der Waals surface area contributed by atoms with Gasteiger partial charge in [-0.3, -0.25) is 0 Å². The van der Waals surface area contributed by atoms with Crippen LogP contribution in [0, 0.1) is 45.9 Å². The molecule has 0 aromatic heterocycles. The number of nitrogens with zero attached hydrogens (tertiary/aromatic N) is 2. The van der Waals surface area contributed by atoms with Crippen LogP contribution in [0.2, 0.25) is 0 Å². The highest BCUT2D eigenvalue weighted by atomic mass is 79.9. The van der Waals surface area contributed by atoms with E-state index in [-0.39, 0.29) is 21.2 Å². The lowest BCUT2D eigenvalue weighted by Crippen LogP contribution is -2.41. The molecular formula is C34H24BBrF10N2O2. The highest BCUT2D eigenvalue weighted by Gasteiger charge is 2.52. The van der Waals surface area contributed by atoms with E-state index >= 15 is 0 Å². The number of benzene rings is 4. The van der Waals surface area contributed by atoms with Gasteiger partial charge in [-0.1, -0.05) is 12.1 Å². The van der Waals surface area contributed by atoms with E-state index in [1.54, 1.807) is 12.1 Å². The summed E-state index contributed by atoms with van der Waals surface area (Å²) in [6, 6.07) is 14.9. The zero-order chi connectivity index (χ0) is 37.8. The number of alkyl halides is 6. The van der Waals surface area contributed by atoms with Gasteiger partial charge in [0, 0.05) is 16.6 Å². The molecule has 4 aromatic carbocycles. The van der Waals surface area contributed by atoms with Crippen molar-refractivity contribution >= 4 is 28.5 Å². The monoisotopic (exact) mass is 772 g/mol. The lowest BCUT2D eigenvalue weighted by Gasteiger charge is -2.32. The second-order valence-electron chi connectivity index (χ2n) is 11.6. The summed E-state index contributed by atoms with van der Waals surface area (Å²) in [4.78, 5) is 0. The molecule has 4 nitrogen and oxygen atoms in total. The molecular weight excluding hydrogens is 749 g/mol. The van der Waals surface area contributed by atoms with E-state index in [2.05, 4.69) is 15.9 Å². The van der Waals surface area contributed by atoms with E-state index < -0.39 is 70.6 Å². The molecule has 1 aliphatic heterocycles. The van der Waals surface area contributed by atoms with Crippen LogP contribution in [-0.2, 0) is 21.7 Å². The zero-order valence-electron chi connectivity index (χ0n) is 26.4. The van der Waals surface area contributed by atoms with Crippen LogP contribution in [0.4, 0.5) is 43.9 Å². The maximum absolute atomic E-state index is 13.9. The summed E-state index contributed by atoms with van der Waals surface area (Å²) >= 11 is 2.66. The van der Waals surface area contributed by atoms with Gasteiger partial charge in [-0.25, -0.2) is 17.6 Å². The van der Waals surface area contributed by atoms with Crippen LogP contribution in [0.15, 0.2) is 77.3 Å². The van der Waals surface area contributed by atoms with Crippen LogP contribution < -0.4 is 5.46 Å². The highest BCUT2D eigenvalue weighted by molar-refractivity contribution is 9.10. The third-order valence-corrected chi connectivity index (χ3v) is 8.17. The van der Waals surface area contributed by atoms with Crippen molar-refractivity contribution in [2.24, 2.45) is 0 Å². The van der Waals surface area contributed by atoms with Crippen molar-refractivity contribution in [3.8, 4) is 23.3 Å². The van der Waals surface area contributed by atoms with Gasteiger partial charge in [0.05, 0.1) is 50.1 Å². The normalized spacial score (nSPS) is 14.8. The van der Waals surface area contributed by atoms with Gasteiger partial charge >= 0.3 is 19.5 Å². The van der Waals surface area contributed by atoms with Crippen molar-refractivity contribution in [1.82, 2.24) is 0 Å². The molecule has 4 aromatic rings. The second kappa shape index (κ2) is 15.3. The molecule has 0 spiro atoms. The Labute approximate surface area is 289 Å². The molecule has 16 heteroatoms. The molecule has 0 amide bonds. The fourth-order valence-electron chi connectivity index (χ4n) is 4.14. The first kappa shape index (κ1) is 40.1. The predicted molar refractivity (Wildman–Crippen MR) is 167 cm³/mol. The Morgan fingerprint density at radius 2 is 1.04 bits per heavy atom. The van der Waals surface area contributed by atoms with Gasteiger partial charge < -0.3 is 9.31 Å². The molecule has 0 atom stereocenters. The first-order valence-electron chi connectivity index (χ1n) is 14.1. The number of halogens is 11. The average molecular weight is 773 g/mol. The van der Waals surface area contributed by atoms with Gasteiger partial charge in [0.1, 0.15) is 23.3 Å². The third kappa shape index (κ3) is 9.65. The van der Waals surface area contributed by atoms with Crippen molar-refractivity contribution in [2.75, 3.05) is 0 Å². The molecule has 0 unspecified atom stereocenters. The topological polar surface area (TPSA) is 66.0 Å². The average Bonchev–Trinajstić information content (AvgIpc) is 3.24. The molecule has 0 bridgehead atoms. The van der Waals surface area contributed by atoms with Crippen LogP contribution in [-0.4, -0.2) is 18.3 Å². The van der Waals surface area contributed by atoms with Gasteiger partial charge in [0.25, 0.3) is 0 Å². The van der Waals surface area contributed by atoms with Crippen molar-refractivity contribution in [3.63, 3.8) is 0 Å². The predicted octanol–water partition coefficient (Wildman–Crippen LogP) is 10.1. The van der Waals surface area contributed by atoms with E-state index in [1.165, 1.54) is 18.2 Å². The molecule has 1 saturated heterocycles. The number of hydrogen-bond acceptors (Lipinski definition) is 4. The van der Waals surface area contributed by atoms with Crippen LogP contribution in [0.1, 0.15) is 49.9 Å². The lowest BCUT2D eigenvalue weighted by molar-refractivity contribution is -0.138.